The lowest BCUT2D eigenvalue weighted by molar-refractivity contribution is 0.447. The summed E-state index contributed by atoms with van der Waals surface area (Å²) in [4.78, 5) is 2.40. The van der Waals surface area contributed by atoms with Crippen LogP contribution in [0.4, 0.5) is 17.1 Å². The smallest absolute Gasteiger partial charge is 0.140 e. The minimum Gasteiger partial charge on any atom is -0.455 e. The molecule has 0 N–H and O–H groups in total. The first-order valence-electron chi connectivity index (χ1n) is 25.0. The van der Waals surface area contributed by atoms with E-state index in [2.05, 4.69) is 278 Å². The quantitative estimate of drug-likeness (QED) is 0.165. The maximum Gasteiger partial charge on any atom is 0.140 e. The highest BCUT2D eigenvalue weighted by Gasteiger charge is 2.52. The summed E-state index contributed by atoms with van der Waals surface area (Å²) in [5.74, 6) is 1.86. The molecule has 0 fully saturated rings. The number of para-hydroxylation sites is 1. The molecule has 0 bridgehead atoms. The number of nitrogens with zero attached hydrogens (tertiary/aromatic N) is 1. The van der Waals surface area contributed by atoms with Gasteiger partial charge in [-0.15, -0.1) is 0 Å². The van der Waals surface area contributed by atoms with E-state index in [4.69, 9.17) is 4.74 Å². The Kier molecular flexibility index (Phi) is 8.82. The molecule has 0 atom stereocenters. The Bertz CT molecular complexity index is 4000. The number of rotatable bonds is 6. The van der Waals surface area contributed by atoms with Crippen LogP contribution in [0.1, 0.15) is 44.5 Å². The molecule has 12 aromatic carbocycles. The molecule has 1 aliphatic heterocycles. The molecule has 0 amide bonds. The second kappa shape index (κ2) is 15.6. The lowest BCUT2D eigenvalue weighted by atomic mass is 9.65. The van der Waals surface area contributed by atoms with Crippen molar-refractivity contribution in [1.29, 1.82) is 0 Å². The van der Waals surface area contributed by atoms with Gasteiger partial charge in [0, 0.05) is 39.0 Å². The average Bonchev–Trinajstić information content (AvgIpc) is 3.92. The van der Waals surface area contributed by atoms with Crippen LogP contribution in [0, 0.1) is 0 Å². The van der Waals surface area contributed by atoms with Gasteiger partial charge in [0.1, 0.15) is 11.5 Å². The molecular formula is C70H45NO. The number of hydrogen-bond donors (Lipinski definition) is 0. The lowest BCUT2D eigenvalue weighted by Crippen LogP contribution is -2.32. The Hall–Kier alpha value is -9.24. The third-order valence-electron chi connectivity index (χ3n) is 16.0. The lowest BCUT2D eigenvalue weighted by Gasteiger charge is -2.40. The first kappa shape index (κ1) is 40.6. The van der Waals surface area contributed by atoms with Gasteiger partial charge in [-0.3, -0.25) is 0 Å². The maximum absolute atomic E-state index is 7.19. The van der Waals surface area contributed by atoms with Crippen LogP contribution in [0.25, 0.3) is 54.9 Å². The van der Waals surface area contributed by atoms with Gasteiger partial charge in [0.05, 0.1) is 10.8 Å². The number of benzene rings is 12. The van der Waals surface area contributed by atoms with E-state index in [0.29, 0.717) is 0 Å². The van der Waals surface area contributed by atoms with Crippen molar-refractivity contribution in [2.75, 3.05) is 4.90 Å². The molecule has 72 heavy (non-hydrogen) atoms. The largest absolute Gasteiger partial charge is 0.455 e. The highest BCUT2D eigenvalue weighted by Crippen LogP contribution is 2.64. The van der Waals surface area contributed by atoms with Gasteiger partial charge >= 0.3 is 0 Å². The van der Waals surface area contributed by atoms with E-state index in [9.17, 15) is 0 Å². The molecule has 336 valence electrons. The van der Waals surface area contributed by atoms with Crippen LogP contribution >= 0.6 is 0 Å². The molecule has 2 aliphatic carbocycles. The molecule has 0 radical (unpaired) electrons. The van der Waals surface area contributed by atoms with Gasteiger partial charge < -0.3 is 9.64 Å². The van der Waals surface area contributed by atoms with Crippen molar-refractivity contribution in [2.45, 2.75) is 10.8 Å². The summed E-state index contributed by atoms with van der Waals surface area (Å²) in [6.45, 7) is 0. The summed E-state index contributed by atoms with van der Waals surface area (Å²) < 4.78 is 7.19. The zero-order valence-corrected chi connectivity index (χ0v) is 39.3. The third-order valence-corrected chi connectivity index (χ3v) is 16.0. The van der Waals surface area contributed by atoms with E-state index in [1.54, 1.807) is 0 Å². The topological polar surface area (TPSA) is 12.5 Å². The summed E-state index contributed by atoms with van der Waals surface area (Å²) in [6.07, 6.45) is 0. The minimum absolute atomic E-state index is 0.502. The zero-order valence-electron chi connectivity index (χ0n) is 39.3. The average molecular weight is 916 g/mol. The summed E-state index contributed by atoms with van der Waals surface area (Å²) in [5.41, 5.74) is 19.6. The fraction of sp³-hybridized carbons (Fsp3) is 0.0286. The SMILES string of the molecule is c1ccc(N(c2ccc(-c3ccc4c(c3)-c3ccccc3C43c4ccc5ccccc5c4Oc4c3ccc3ccccc43)cc2)c2cccc(C3(c4ccccc4)c4ccccc4-c4ccccc43)c2)cc1. The molecule has 1 spiro atoms. The Morgan fingerprint density at radius 3 is 1.33 bits per heavy atom. The number of ether oxygens (including phenoxy) is 1. The van der Waals surface area contributed by atoms with Crippen molar-refractivity contribution in [1.82, 2.24) is 0 Å². The predicted octanol–water partition coefficient (Wildman–Crippen LogP) is 18.0. The first-order valence-corrected chi connectivity index (χ1v) is 25.0. The van der Waals surface area contributed by atoms with Gasteiger partial charge in [-0.1, -0.05) is 231 Å². The molecule has 0 saturated heterocycles. The summed E-state index contributed by atoms with van der Waals surface area (Å²) in [7, 11) is 0. The Labute approximate surface area is 419 Å². The van der Waals surface area contributed by atoms with Gasteiger partial charge in [-0.25, -0.2) is 0 Å². The molecular weight excluding hydrogens is 871 g/mol. The highest BCUT2D eigenvalue weighted by molar-refractivity contribution is 6.00. The van der Waals surface area contributed by atoms with E-state index in [1.165, 1.54) is 83.1 Å². The molecule has 12 aromatic rings. The summed E-state index contributed by atoms with van der Waals surface area (Å²) >= 11 is 0. The number of hydrogen-bond acceptors (Lipinski definition) is 2. The summed E-state index contributed by atoms with van der Waals surface area (Å²) in [5, 5.41) is 4.58. The minimum atomic E-state index is -0.586. The van der Waals surface area contributed by atoms with Crippen molar-refractivity contribution in [3.8, 4) is 44.9 Å². The van der Waals surface area contributed by atoms with E-state index < -0.39 is 10.8 Å². The highest BCUT2D eigenvalue weighted by atomic mass is 16.5. The monoisotopic (exact) mass is 915 g/mol. The second-order valence-corrected chi connectivity index (χ2v) is 19.5. The first-order chi connectivity index (χ1) is 35.7. The van der Waals surface area contributed by atoms with Crippen LogP contribution in [0.3, 0.4) is 0 Å². The van der Waals surface area contributed by atoms with Gasteiger partial charge in [0.25, 0.3) is 0 Å². The summed E-state index contributed by atoms with van der Waals surface area (Å²) in [6, 6.07) is 101. The van der Waals surface area contributed by atoms with Gasteiger partial charge in [-0.05, 0) is 120 Å². The molecule has 1 heterocycles. The normalized spacial score (nSPS) is 13.9. The second-order valence-electron chi connectivity index (χ2n) is 19.5. The van der Waals surface area contributed by atoms with E-state index in [0.717, 1.165) is 44.9 Å². The van der Waals surface area contributed by atoms with E-state index >= 15 is 0 Å². The molecule has 3 aliphatic rings. The zero-order chi connectivity index (χ0) is 47.4. The Morgan fingerprint density at radius 1 is 0.264 bits per heavy atom. The predicted molar refractivity (Wildman–Crippen MR) is 296 cm³/mol. The van der Waals surface area contributed by atoms with Crippen LogP contribution in [0.5, 0.6) is 11.5 Å². The maximum atomic E-state index is 7.19. The Balaban J connectivity index is 0.873. The van der Waals surface area contributed by atoms with Gasteiger partial charge in [0.15, 0.2) is 0 Å². The van der Waals surface area contributed by atoms with Crippen LogP contribution in [-0.2, 0) is 10.8 Å². The van der Waals surface area contributed by atoms with Gasteiger partial charge in [0.2, 0.25) is 0 Å². The van der Waals surface area contributed by atoms with Crippen LogP contribution in [-0.4, -0.2) is 0 Å². The third kappa shape index (κ3) is 5.60. The van der Waals surface area contributed by atoms with Crippen molar-refractivity contribution < 1.29 is 4.74 Å². The van der Waals surface area contributed by atoms with Crippen LogP contribution < -0.4 is 9.64 Å². The standard InChI is InChI=1S/C70H45NO/c1-3-20-50(21-4-1)69(61-31-14-11-28-57(61)58-29-12-15-32-62(58)69)51-22-17-25-54(45-51)71(52-23-5-2-6-24-52)53-39-34-46(35-40-53)49-38-41-64-60(44-49)59-30-13-16-33-63(59)70(64)65-42-36-47-18-7-9-26-55(47)67(65)72-68-56-27-10-8-19-48(56)37-43-66(68)70/h1-45H. The molecule has 2 nitrogen and oxygen atoms in total. The fourth-order valence-electron chi connectivity index (χ4n) is 13.0. The number of fused-ring (bicyclic) bond motifs is 16. The Morgan fingerprint density at radius 2 is 0.708 bits per heavy atom. The molecule has 0 unspecified atom stereocenters. The van der Waals surface area contributed by atoms with Crippen molar-refractivity contribution in [2.24, 2.45) is 0 Å². The van der Waals surface area contributed by atoms with Crippen LogP contribution in [0.2, 0.25) is 0 Å². The van der Waals surface area contributed by atoms with E-state index in [1.807, 2.05) is 0 Å². The number of anilines is 3. The molecule has 0 saturated carbocycles. The van der Waals surface area contributed by atoms with Gasteiger partial charge in [-0.2, -0.15) is 0 Å². The van der Waals surface area contributed by atoms with Crippen molar-refractivity contribution in [3.05, 3.63) is 317 Å². The van der Waals surface area contributed by atoms with Crippen LogP contribution in [0.15, 0.2) is 273 Å². The van der Waals surface area contributed by atoms with Crippen molar-refractivity contribution in [3.63, 3.8) is 0 Å². The molecule has 2 heteroatoms. The molecule has 0 aromatic heterocycles. The molecule has 15 rings (SSSR count). The van der Waals surface area contributed by atoms with E-state index in [-0.39, 0.29) is 0 Å². The van der Waals surface area contributed by atoms with Crippen molar-refractivity contribution >= 4 is 38.6 Å². The fourth-order valence-corrected chi connectivity index (χ4v) is 13.0.